The van der Waals surface area contributed by atoms with Crippen molar-refractivity contribution < 1.29 is 0 Å². The number of aromatic nitrogens is 2. The van der Waals surface area contributed by atoms with E-state index in [4.69, 9.17) is 0 Å². The van der Waals surface area contributed by atoms with Crippen LogP contribution in [-0.4, -0.2) is 15.3 Å². The molecule has 0 radical (unpaired) electrons. The van der Waals surface area contributed by atoms with Gasteiger partial charge in [0.1, 0.15) is 9.21 Å². The molecule has 0 saturated heterocycles. The minimum atomic E-state index is 0.844. The maximum atomic E-state index is 4.23. The maximum absolute atomic E-state index is 4.23. The summed E-state index contributed by atoms with van der Waals surface area (Å²) >= 11 is 12.1. The van der Waals surface area contributed by atoms with Gasteiger partial charge in [-0.3, -0.25) is 0 Å². The average Bonchev–Trinajstić information content (AvgIpc) is 2.32. The summed E-state index contributed by atoms with van der Waals surface area (Å²) in [5.41, 5.74) is 0. The second-order valence-corrected chi connectivity index (χ2v) is 5.71. The van der Waals surface area contributed by atoms with Gasteiger partial charge in [-0.15, -0.1) is 11.8 Å². The van der Waals surface area contributed by atoms with Crippen LogP contribution in [0.1, 0.15) is 13.3 Å². The van der Waals surface area contributed by atoms with Crippen LogP contribution in [0.2, 0.25) is 0 Å². The molecular formula is C7H9Br3N2S. The van der Waals surface area contributed by atoms with Crippen molar-refractivity contribution in [3.05, 3.63) is 13.9 Å². The lowest BCUT2D eigenvalue weighted by molar-refractivity contribution is 0.837. The van der Waals surface area contributed by atoms with Crippen LogP contribution in [-0.2, 0) is 5.88 Å². The van der Waals surface area contributed by atoms with E-state index in [-0.39, 0.29) is 0 Å². The molecule has 0 aromatic carbocycles. The molecule has 1 rings (SSSR count). The number of imidazole rings is 1. The molecule has 1 heterocycles. The molecular weight excluding hydrogens is 384 g/mol. The van der Waals surface area contributed by atoms with Crippen molar-refractivity contribution in [1.29, 1.82) is 0 Å². The van der Waals surface area contributed by atoms with E-state index in [1.54, 1.807) is 0 Å². The summed E-state index contributed by atoms with van der Waals surface area (Å²) in [6.07, 6.45) is 1.20. The third kappa shape index (κ3) is 3.25. The zero-order valence-electron chi connectivity index (χ0n) is 7.06. The highest BCUT2D eigenvalue weighted by Crippen LogP contribution is 2.28. The van der Waals surface area contributed by atoms with E-state index in [1.165, 1.54) is 12.2 Å². The Bertz CT molecular complexity index is 288. The van der Waals surface area contributed by atoms with Crippen LogP contribution in [0.5, 0.6) is 0 Å². The van der Waals surface area contributed by atoms with E-state index >= 15 is 0 Å². The van der Waals surface area contributed by atoms with Crippen molar-refractivity contribution in [1.82, 2.24) is 9.55 Å². The molecule has 0 amide bonds. The highest BCUT2D eigenvalue weighted by Gasteiger charge is 2.10. The van der Waals surface area contributed by atoms with Crippen LogP contribution in [0.15, 0.2) is 13.9 Å². The summed E-state index contributed by atoms with van der Waals surface area (Å²) < 4.78 is 4.76. The molecule has 13 heavy (non-hydrogen) atoms. The predicted molar refractivity (Wildman–Crippen MR) is 68.1 cm³/mol. The van der Waals surface area contributed by atoms with Gasteiger partial charge < -0.3 is 4.57 Å². The predicted octanol–water partition coefficient (Wildman–Crippen LogP) is 4.27. The first-order chi connectivity index (χ1) is 6.16. The van der Waals surface area contributed by atoms with Crippen LogP contribution in [0.25, 0.3) is 0 Å². The molecule has 0 fully saturated rings. The molecule has 2 nitrogen and oxygen atoms in total. The van der Waals surface area contributed by atoms with E-state index in [0.717, 1.165) is 19.8 Å². The van der Waals surface area contributed by atoms with Gasteiger partial charge in [-0.25, -0.2) is 4.98 Å². The maximum Gasteiger partial charge on any atom is 0.179 e. The molecule has 0 spiro atoms. The Morgan fingerprint density at radius 2 is 2.08 bits per heavy atom. The zero-order valence-corrected chi connectivity index (χ0v) is 12.6. The largest absolute Gasteiger partial charge is 0.302 e. The lowest BCUT2D eigenvalue weighted by Crippen LogP contribution is -1.95. The van der Waals surface area contributed by atoms with Crippen molar-refractivity contribution in [2.45, 2.75) is 19.2 Å². The summed E-state index contributed by atoms with van der Waals surface area (Å²) in [6, 6.07) is 0. The van der Waals surface area contributed by atoms with E-state index in [2.05, 4.69) is 64.3 Å². The fourth-order valence-corrected chi connectivity index (χ4v) is 3.69. The van der Waals surface area contributed by atoms with Gasteiger partial charge in [-0.05, 0) is 60.0 Å². The molecule has 0 aliphatic carbocycles. The third-order valence-electron chi connectivity index (χ3n) is 1.39. The second kappa shape index (κ2) is 5.78. The number of hydrogen-bond donors (Lipinski definition) is 0. The van der Waals surface area contributed by atoms with Gasteiger partial charge >= 0.3 is 0 Å². The van der Waals surface area contributed by atoms with Crippen molar-refractivity contribution >= 4 is 59.6 Å². The molecule has 0 unspecified atom stereocenters. The van der Waals surface area contributed by atoms with Gasteiger partial charge in [0.15, 0.2) is 4.73 Å². The lowest BCUT2D eigenvalue weighted by Gasteiger charge is -2.04. The molecule has 0 aliphatic rings. The molecule has 0 bridgehead atoms. The Kier molecular flexibility index (Phi) is 5.37. The fraction of sp³-hybridized carbons (Fsp3) is 0.571. The van der Waals surface area contributed by atoms with E-state index in [0.29, 0.717) is 0 Å². The van der Waals surface area contributed by atoms with Crippen LogP contribution in [0, 0.1) is 0 Å². The Morgan fingerprint density at radius 3 is 2.54 bits per heavy atom. The standard InChI is InChI=1S/C7H9Br3N2S/c1-2-3-13-4-12-6(9)5(8)11-7(12)10/h2-4H2,1H3. The molecule has 1 aromatic heterocycles. The first-order valence-corrected chi connectivity index (χ1v) is 7.35. The average molecular weight is 393 g/mol. The quantitative estimate of drug-likeness (QED) is 0.712. The summed E-state index contributed by atoms with van der Waals surface area (Å²) in [4.78, 5) is 4.23. The van der Waals surface area contributed by atoms with Crippen LogP contribution < -0.4 is 0 Å². The highest BCUT2D eigenvalue weighted by molar-refractivity contribution is 9.13. The summed E-state index contributed by atoms with van der Waals surface area (Å²) in [5, 5.41) is 0. The molecule has 0 N–H and O–H groups in total. The summed E-state index contributed by atoms with van der Waals surface area (Å²) in [7, 11) is 0. The van der Waals surface area contributed by atoms with Crippen LogP contribution >= 0.6 is 59.6 Å². The molecule has 0 saturated carbocycles. The lowest BCUT2D eigenvalue weighted by atomic mass is 10.6. The SMILES string of the molecule is CCCSCn1c(Br)nc(Br)c1Br. The highest BCUT2D eigenvalue weighted by atomic mass is 79.9. The molecule has 0 aliphatic heterocycles. The van der Waals surface area contributed by atoms with Crippen molar-refractivity contribution in [3.8, 4) is 0 Å². The van der Waals surface area contributed by atoms with Crippen molar-refractivity contribution in [3.63, 3.8) is 0 Å². The van der Waals surface area contributed by atoms with Gasteiger partial charge in [0.2, 0.25) is 0 Å². The van der Waals surface area contributed by atoms with Crippen molar-refractivity contribution in [2.24, 2.45) is 0 Å². The molecule has 0 atom stereocenters. The second-order valence-electron chi connectivity index (χ2n) is 2.43. The number of hydrogen-bond acceptors (Lipinski definition) is 2. The van der Waals surface area contributed by atoms with Crippen LogP contribution in [0.4, 0.5) is 0 Å². The molecule has 1 aromatic rings. The first kappa shape index (κ1) is 12.1. The van der Waals surface area contributed by atoms with E-state index < -0.39 is 0 Å². The fourth-order valence-electron chi connectivity index (χ4n) is 0.790. The normalized spacial score (nSPS) is 10.8. The number of rotatable bonds is 4. The Labute approximate surface area is 107 Å². The van der Waals surface area contributed by atoms with Crippen molar-refractivity contribution in [2.75, 3.05) is 5.75 Å². The van der Waals surface area contributed by atoms with Gasteiger partial charge in [0.05, 0.1) is 5.88 Å². The molecule has 74 valence electrons. The topological polar surface area (TPSA) is 17.8 Å². The molecule has 6 heteroatoms. The Morgan fingerprint density at radius 1 is 1.38 bits per heavy atom. The number of thioether (sulfide) groups is 1. The van der Waals surface area contributed by atoms with Crippen LogP contribution in [0.3, 0.4) is 0 Å². The third-order valence-corrected chi connectivity index (χ3v) is 5.02. The monoisotopic (exact) mass is 390 g/mol. The van der Waals surface area contributed by atoms with Gasteiger partial charge in [-0.2, -0.15) is 0 Å². The van der Waals surface area contributed by atoms with E-state index in [9.17, 15) is 0 Å². The summed E-state index contributed by atoms with van der Waals surface area (Å²) in [6.45, 7) is 2.18. The van der Waals surface area contributed by atoms with Gasteiger partial charge in [0.25, 0.3) is 0 Å². The number of nitrogens with zero attached hydrogens (tertiary/aromatic N) is 2. The zero-order chi connectivity index (χ0) is 9.84. The minimum Gasteiger partial charge on any atom is -0.302 e. The minimum absolute atomic E-state index is 0.844. The van der Waals surface area contributed by atoms with Gasteiger partial charge in [0, 0.05) is 0 Å². The first-order valence-electron chi connectivity index (χ1n) is 3.81. The smallest absolute Gasteiger partial charge is 0.179 e. The summed E-state index contributed by atoms with van der Waals surface area (Å²) in [5.74, 6) is 2.10. The number of halogens is 3. The Balaban J connectivity index is 2.64. The van der Waals surface area contributed by atoms with E-state index in [1.807, 2.05) is 11.8 Å². The van der Waals surface area contributed by atoms with Gasteiger partial charge in [-0.1, -0.05) is 6.92 Å². The Hall–Kier alpha value is 1.000.